The molecule has 1 heterocycles. The SMILES string of the molecule is O=C(C=Cc1cc2ccccc2o1)c1cc(Br)ccc1OCc1ccccc1. The third-order valence-corrected chi connectivity index (χ3v) is 4.78. The number of halogens is 1. The predicted octanol–water partition coefficient (Wildman–Crippen LogP) is 6.67. The number of ether oxygens (including phenoxy) is 1. The lowest BCUT2D eigenvalue weighted by atomic mass is 10.1. The van der Waals surface area contributed by atoms with Crippen molar-refractivity contribution in [3.05, 3.63) is 106 Å². The second-order valence-electron chi connectivity index (χ2n) is 6.30. The molecule has 0 N–H and O–H groups in total. The monoisotopic (exact) mass is 432 g/mol. The second kappa shape index (κ2) is 8.28. The van der Waals surface area contributed by atoms with Gasteiger partial charge < -0.3 is 9.15 Å². The van der Waals surface area contributed by atoms with Crippen molar-refractivity contribution in [3.63, 3.8) is 0 Å². The predicted molar refractivity (Wildman–Crippen MR) is 114 cm³/mol. The van der Waals surface area contributed by atoms with Gasteiger partial charge in [0.15, 0.2) is 5.78 Å². The molecule has 0 spiro atoms. The Morgan fingerprint density at radius 1 is 0.964 bits per heavy atom. The van der Waals surface area contributed by atoms with Crippen molar-refractivity contribution >= 4 is 38.8 Å². The van der Waals surface area contributed by atoms with Crippen LogP contribution < -0.4 is 4.74 Å². The fourth-order valence-corrected chi connectivity index (χ4v) is 3.25. The van der Waals surface area contributed by atoms with Crippen LogP contribution in [0.2, 0.25) is 0 Å². The number of carbonyl (C=O) groups excluding carboxylic acids is 1. The topological polar surface area (TPSA) is 39.4 Å². The summed E-state index contributed by atoms with van der Waals surface area (Å²) in [7, 11) is 0. The van der Waals surface area contributed by atoms with Crippen LogP contribution in [0.4, 0.5) is 0 Å². The van der Waals surface area contributed by atoms with E-state index in [1.807, 2.05) is 66.7 Å². The normalized spacial score (nSPS) is 11.2. The molecular weight excluding hydrogens is 416 g/mol. The summed E-state index contributed by atoms with van der Waals surface area (Å²) >= 11 is 3.43. The molecule has 0 aliphatic heterocycles. The van der Waals surface area contributed by atoms with E-state index in [0.717, 1.165) is 21.0 Å². The van der Waals surface area contributed by atoms with Crippen molar-refractivity contribution in [1.29, 1.82) is 0 Å². The van der Waals surface area contributed by atoms with Gasteiger partial charge in [0.1, 0.15) is 23.7 Å². The molecule has 0 saturated carbocycles. The number of allylic oxidation sites excluding steroid dienone is 1. The first kappa shape index (κ1) is 18.3. The highest BCUT2D eigenvalue weighted by Gasteiger charge is 2.12. The molecule has 28 heavy (non-hydrogen) atoms. The van der Waals surface area contributed by atoms with Crippen LogP contribution in [-0.4, -0.2) is 5.78 Å². The Balaban J connectivity index is 1.55. The Labute approximate surface area is 171 Å². The summed E-state index contributed by atoms with van der Waals surface area (Å²) < 4.78 is 12.5. The molecule has 0 aliphatic rings. The second-order valence-corrected chi connectivity index (χ2v) is 7.21. The quantitative estimate of drug-likeness (QED) is 0.252. The van der Waals surface area contributed by atoms with Crippen LogP contribution in [0, 0.1) is 0 Å². The van der Waals surface area contributed by atoms with Gasteiger partial charge in [-0.15, -0.1) is 0 Å². The lowest BCUT2D eigenvalue weighted by molar-refractivity contribution is 0.104. The van der Waals surface area contributed by atoms with Crippen molar-refractivity contribution in [1.82, 2.24) is 0 Å². The van der Waals surface area contributed by atoms with E-state index in [1.165, 1.54) is 6.08 Å². The molecule has 3 nitrogen and oxygen atoms in total. The first-order chi connectivity index (χ1) is 13.7. The summed E-state index contributed by atoms with van der Waals surface area (Å²) in [6, 6.07) is 24.9. The van der Waals surface area contributed by atoms with Crippen LogP contribution in [0.25, 0.3) is 17.0 Å². The average Bonchev–Trinajstić information content (AvgIpc) is 3.15. The zero-order valence-corrected chi connectivity index (χ0v) is 16.6. The number of rotatable bonds is 6. The molecule has 0 radical (unpaired) electrons. The third kappa shape index (κ3) is 4.24. The van der Waals surface area contributed by atoms with Gasteiger partial charge in [-0.3, -0.25) is 4.79 Å². The zero-order chi connectivity index (χ0) is 19.3. The number of benzene rings is 3. The molecule has 1 aromatic heterocycles. The van der Waals surface area contributed by atoms with Gasteiger partial charge in [0.25, 0.3) is 0 Å². The van der Waals surface area contributed by atoms with E-state index in [0.29, 0.717) is 23.7 Å². The highest BCUT2D eigenvalue weighted by molar-refractivity contribution is 9.10. The molecule has 4 heteroatoms. The van der Waals surface area contributed by atoms with E-state index in [-0.39, 0.29) is 5.78 Å². The molecule has 0 bridgehead atoms. The number of fused-ring (bicyclic) bond motifs is 1. The lowest BCUT2D eigenvalue weighted by Gasteiger charge is -2.10. The van der Waals surface area contributed by atoms with Crippen molar-refractivity contribution in [2.24, 2.45) is 0 Å². The van der Waals surface area contributed by atoms with Crippen LogP contribution in [-0.2, 0) is 6.61 Å². The highest BCUT2D eigenvalue weighted by Crippen LogP contribution is 2.26. The van der Waals surface area contributed by atoms with Crippen LogP contribution in [0.15, 0.2) is 93.8 Å². The molecule has 3 aromatic carbocycles. The minimum absolute atomic E-state index is 0.148. The van der Waals surface area contributed by atoms with E-state index in [4.69, 9.17) is 9.15 Å². The van der Waals surface area contributed by atoms with Gasteiger partial charge in [0.05, 0.1) is 5.56 Å². The molecule has 0 fully saturated rings. The Morgan fingerprint density at radius 2 is 1.75 bits per heavy atom. The first-order valence-electron chi connectivity index (χ1n) is 8.86. The number of ketones is 1. The van der Waals surface area contributed by atoms with Crippen LogP contribution in [0.1, 0.15) is 21.7 Å². The van der Waals surface area contributed by atoms with Gasteiger partial charge in [-0.1, -0.05) is 64.5 Å². The van der Waals surface area contributed by atoms with Crippen molar-refractivity contribution < 1.29 is 13.9 Å². The molecule has 4 aromatic rings. The standard InChI is InChI=1S/C24H17BrO3/c25-19-10-13-24(27-16-17-6-2-1-3-7-17)21(15-19)22(26)12-11-20-14-18-8-4-5-9-23(18)28-20/h1-15H,16H2. The lowest BCUT2D eigenvalue weighted by Crippen LogP contribution is -2.02. The van der Waals surface area contributed by atoms with Crippen LogP contribution >= 0.6 is 15.9 Å². The van der Waals surface area contributed by atoms with Gasteiger partial charge in [-0.25, -0.2) is 0 Å². The van der Waals surface area contributed by atoms with E-state index in [1.54, 1.807) is 18.2 Å². The number of furan rings is 1. The van der Waals surface area contributed by atoms with Crippen LogP contribution in [0.5, 0.6) is 5.75 Å². The maximum atomic E-state index is 12.8. The average molecular weight is 433 g/mol. The minimum atomic E-state index is -0.148. The summed E-state index contributed by atoms with van der Waals surface area (Å²) in [5.41, 5.74) is 2.34. The fourth-order valence-electron chi connectivity index (χ4n) is 2.89. The minimum Gasteiger partial charge on any atom is -0.488 e. The maximum absolute atomic E-state index is 12.8. The molecule has 0 atom stereocenters. The molecule has 4 rings (SSSR count). The number of hydrogen-bond donors (Lipinski definition) is 0. The van der Waals surface area contributed by atoms with E-state index < -0.39 is 0 Å². The van der Waals surface area contributed by atoms with Gasteiger partial charge in [-0.2, -0.15) is 0 Å². The number of carbonyl (C=O) groups is 1. The molecule has 0 aliphatic carbocycles. The van der Waals surface area contributed by atoms with Gasteiger partial charge in [0.2, 0.25) is 0 Å². The summed E-state index contributed by atoms with van der Waals surface area (Å²) in [6.45, 7) is 0.399. The molecule has 0 amide bonds. The molecule has 138 valence electrons. The fraction of sp³-hybridized carbons (Fsp3) is 0.0417. The largest absolute Gasteiger partial charge is 0.488 e. The Kier molecular flexibility index (Phi) is 5.40. The summed E-state index contributed by atoms with van der Waals surface area (Å²) in [5.74, 6) is 1.03. The third-order valence-electron chi connectivity index (χ3n) is 4.29. The van der Waals surface area contributed by atoms with E-state index in [2.05, 4.69) is 15.9 Å². The Bertz CT molecular complexity index is 1110. The molecule has 0 saturated heterocycles. The molecular formula is C24H17BrO3. The van der Waals surface area contributed by atoms with Crippen molar-refractivity contribution in [3.8, 4) is 5.75 Å². The highest BCUT2D eigenvalue weighted by atomic mass is 79.9. The maximum Gasteiger partial charge on any atom is 0.189 e. The molecule has 0 unspecified atom stereocenters. The van der Waals surface area contributed by atoms with E-state index >= 15 is 0 Å². The zero-order valence-electron chi connectivity index (χ0n) is 15.0. The van der Waals surface area contributed by atoms with Gasteiger partial charge in [-0.05, 0) is 48.0 Å². The summed E-state index contributed by atoms with van der Waals surface area (Å²) in [4.78, 5) is 12.8. The summed E-state index contributed by atoms with van der Waals surface area (Å²) in [5, 5.41) is 1.00. The Morgan fingerprint density at radius 3 is 2.57 bits per heavy atom. The van der Waals surface area contributed by atoms with E-state index in [9.17, 15) is 4.79 Å². The Hall–Kier alpha value is -3.11. The van der Waals surface area contributed by atoms with Crippen molar-refractivity contribution in [2.45, 2.75) is 6.61 Å². The first-order valence-corrected chi connectivity index (χ1v) is 9.65. The van der Waals surface area contributed by atoms with Gasteiger partial charge in [0, 0.05) is 9.86 Å². The number of para-hydroxylation sites is 1. The summed E-state index contributed by atoms with van der Waals surface area (Å²) in [6.07, 6.45) is 3.19. The van der Waals surface area contributed by atoms with Crippen LogP contribution in [0.3, 0.4) is 0 Å². The van der Waals surface area contributed by atoms with Crippen molar-refractivity contribution in [2.75, 3.05) is 0 Å². The number of hydrogen-bond acceptors (Lipinski definition) is 3. The smallest absolute Gasteiger partial charge is 0.189 e. The van der Waals surface area contributed by atoms with Gasteiger partial charge >= 0.3 is 0 Å².